The number of benzene rings is 1. The molecule has 0 N–H and O–H groups in total. The second-order valence-electron chi connectivity index (χ2n) is 2.57. The standard InChI is InChI=1S/C9H9Cl3/c10-3-1-2-7-4-8(11)6-9(12)5-7/h4-6H,1-3H2. The lowest BCUT2D eigenvalue weighted by atomic mass is 10.1. The minimum absolute atomic E-state index is 0.671. The van der Waals surface area contributed by atoms with Gasteiger partial charge in [0, 0.05) is 15.9 Å². The summed E-state index contributed by atoms with van der Waals surface area (Å²) in [6, 6.07) is 5.56. The monoisotopic (exact) mass is 222 g/mol. The van der Waals surface area contributed by atoms with Crippen molar-refractivity contribution in [1.29, 1.82) is 0 Å². The van der Waals surface area contributed by atoms with E-state index in [4.69, 9.17) is 34.8 Å². The van der Waals surface area contributed by atoms with Gasteiger partial charge in [0.1, 0.15) is 0 Å². The van der Waals surface area contributed by atoms with Crippen LogP contribution in [-0.2, 0) is 6.42 Å². The van der Waals surface area contributed by atoms with Crippen LogP contribution in [0.25, 0.3) is 0 Å². The van der Waals surface area contributed by atoms with Crippen molar-refractivity contribution in [3.05, 3.63) is 33.8 Å². The summed E-state index contributed by atoms with van der Waals surface area (Å²) in [5, 5.41) is 1.37. The van der Waals surface area contributed by atoms with E-state index < -0.39 is 0 Å². The Balaban J connectivity index is 2.72. The first-order valence-corrected chi connectivity index (χ1v) is 5.02. The van der Waals surface area contributed by atoms with Crippen molar-refractivity contribution in [3.63, 3.8) is 0 Å². The van der Waals surface area contributed by atoms with Crippen LogP contribution >= 0.6 is 34.8 Å². The minimum atomic E-state index is 0.671. The van der Waals surface area contributed by atoms with E-state index in [-0.39, 0.29) is 0 Å². The van der Waals surface area contributed by atoms with Gasteiger partial charge in [-0.2, -0.15) is 0 Å². The van der Waals surface area contributed by atoms with E-state index in [1.807, 2.05) is 12.1 Å². The van der Waals surface area contributed by atoms with Gasteiger partial charge in [0.25, 0.3) is 0 Å². The van der Waals surface area contributed by atoms with Gasteiger partial charge < -0.3 is 0 Å². The molecule has 0 saturated heterocycles. The predicted molar refractivity (Wildman–Crippen MR) is 55.5 cm³/mol. The number of aryl methyl sites for hydroxylation is 1. The Kier molecular flexibility index (Phi) is 4.20. The Morgan fingerprint density at radius 3 is 2.08 bits per heavy atom. The molecule has 12 heavy (non-hydrogen) atoms. The van der Waals surface area contributed by atoms with E-state index >= 15 is 0 Å². The predicted octanol–water partition coefficient (Wildman–Crippen LogP) is 4.16. The van der Waals surface area contributed by atoms with Crippen LogP contribution in [0, 0.1) is 0 Å². The van der Waals surface area contributed by atoms with Gasteiger partial charge in [0.05, 0.1) is 0 Å². The Hall–Kier alpha value is 0.0900. The summed E-state index contributed by atoms with van der Waals surface area (Å²) in [6.45, 7) is 0. The van der Waals surface area contributed by atoms with Gasteiger partial charge in [-0.05, 0) is 36.6 Å². The fourth-order valence-electron chi connectivity index (χ4n) is 1.03. The molecule has 0 amide bonds. The maximum atomic E-state index is 5.81. The van der Waals surface area contributed by atoms with Crippen LogP contribution in [0.2, 0.25) is 10.0 Å². The number of halogens is 3. The quantitative estimate of drug-likeness (QED) is 0.675. The number of hydrogen-bond acceptors (Lipinski definition) is 0. The normalized spacial score (nSPS) is 10.2. The maximum Gasteiger partial charge on any atom is 0.0423 e. The number of rotatable bonds is 3. The van der Waals surface area contributed by atoms with Gasteiger partial charge in [0.15, 0.2) is 0 Å². The Morgan fingerprint density at radius 1 is 1.00 bits per heavy atom. The number of alkyl halides is 1. The molecule has 0 saturated carbocycles. The van der Waals surface area contributed by atoms with Crippen molar-refractivity contribution < 1.29 is 0 Å². The van der Waals surface area contributed by atoms with Crippen LogP contribution < -0.4 is 0 Å². The van der Waals surface area contributed by atoms with E-state index in [0.717, 1.165) is 18.4 Å². The average Bonchev–Trinajstić information content (AvgIpc) is 1.99. The summed E-state index contributed by atoms with van der Waals surface area (Å²) in [6.07, 6.45) is 1.89. The Labute approximate surface area is 87.4 Å². The molecule has 1 aromatic carbocycles. The minimum Gasteiger partial charge on any atom is -0.127 e. The lowest BCUT2D eigenvalue weighted by Crippen LogP contribution is -1.86. The SMILES string of the molecule is ClCCCc1cc(Cl)cc(Cl)c1. The molecule has 0 nitrogen and oxygen atoms in total. The first kappa shape index (κ1) is 10.2. The smallest absolute Gasteiger partial charge is 0.0423 e. The molecule has 0 aliphatic carbocycles. The van der Waals surface area contributed by atoms with Gasteiger partial charge in [-0.3, -0.25) is 0 Å². The summed E-state index contributed by atoms with van der Waals surface area (Å²) in [5.41, 5.74) is 1.15. The highest BCUT2D eigenvalue weighted by molar-refractivity contribution is 6.34. The van der Waals surface area contributed by atoms with E-state index in [9.17, 15) is 0 Å². The maximum absolute atomic E-state index is 5.81. The van der Waals surface area contributed by atoms with Crippen LogP contribution in [0.4, 0.5) is 0 Å². The molecule has 66 valence electrons. The van der Waals surface area contributed by atoms with Gasteiger partial charge in [0.2, 0.25) is 0 Å². The molecule has 0 fully saturated rings. The first-order chi connectivity index (χ1) is 5.72. The zero-order valence-electron chi connectivity index (χ0n) is 6.49. The fraction of sp³-hybridized carbons (Fsp3) is 0.333. The molecule has 1 rings (SSSR count). The average molecular weight is 224 g/mol. The molecular weight excluding hydrogens is 214 g/mol. The lowest BCUT2D eigenvalue weighted by Gasteiger charge is -2.00. The molecule has 0 aromatic heterocycles. The van der Waals surface area contributed by atoms with Gasteiger partial charge in [-0.1, -0.05) is 23.2 Å². The molecule has 0 radical (unpaired) electrons. The van der Waals surface area contributed by atoms with Gasteiger partial charge in [-0.25, -0.2) is 0 Å². The lowest BCUT2D eigenvalue weighted by molar-refractivity contribution is 0.929. The number of hydrogen-bond donors (Lipinski definition) is 0. The summed E-state index contributed by atoms with van der Waals surface area (Å²) < 4.78 is 0. The van der Waals surface area contributed by atoms with E-state index in [1.54, 1.807) is 6.07 Å². The molecule has 3 heteroatoms. The van der Waals surface area contributed by atoms with Crippen molar-refractivity contribution >= 4 is 34.8 Å². The van der Waals surface area contributed by atoms with Crippen molar-refractivity contribution in [3.8, 4) is 0 Å². The highest BCUT2D eigenvalue weighted by Gasteiger charge is 1.97. The summed E-state index contributed by atoms with van der Waals surface area (Å²) >= 11 is 17.2. The van der Waals surface area contributed by atoms with E-state index in [0.29, 0.717) is 15.9 Å². The highest BCUT2D eigenvalue weighted by Crippen LogP contribution is 2.19. The Bertz CT molecular complexity index is 238. The molecule has 0 aliphatic rings. The zero-order valence-corrected chi connectivity index (χ0v) is 8.76. The third-order valence-electron chi connectivity index (χ3n) is 1.52. The first-order valence-electron chi connectivity index (χ1n) is 3.73. The van der Waals surface area contributed by atoms with Crippen LogP contribution in [0.5, 0.6) is 0 Å². The molecular formula is C9H9Cl3. The summed E-state index contributed by atoms with van der Waals surface area (Å²) in [5.74, 6) is 0.671. The topological polar surface area (TPSA) is 0 Å². The molecule has 0 atom stereocenters. The van der Waals surface area contributed by atoms with Crippen molar-refractivity contribution in [1.82, 2.24) is 0 Å². The summed E-state index contributed by atoms with van der Waals surface area (Å²) in [4.78, 5) is 0. The van der Waals surface area contributed by atoms with E-state index in [2.05, 4.69) is 0 Å². The molecule has 0 bridgehead atoms. The molecule has 0 spiro atoms. The van der Waals surface area contributed by atoms with Crippen LogP contribution in [-0.4, -0.2) is 5.88 Å². The second kappa shape index (κ2) is 4.96. The van der Waals surface area contributed by atoms with Gasteiger partial charge in [-0.15, -0.1) is 11.6 Å². The van der Waals surface area contributed by atoms with Crippen LogP contribution in [0.3, 0.4) is 0 Å². The molecule has 0 aliphatic heterocycles. The van der Waals surface area contributed by atoms with Crippen molar-refractivity contribution in [2.24, 2.45) is 0 Å². The largest absolute Gasteiger partial charge is 0.127 e. The molecule has 0 unspecified atom stereocenters. The highest BCUT2D eigenvalue weighted by atomic mass is 35.5. The zero-order chi connectivity index (χ0) is 8.97. The van der Waals surface area contributed by atoms with Gasteiger partial charge >= 0.3 is 0 Å². The fourth-order valence-corrected chi connectivity index (χ4v) is 1.73. The second-order valence-corrected chi connectivity index (χ2v) is 3.82. The summed E-state index contributed by atoms with van der Waals surface area (Å²) in [7, 11) is 0. The van der Waals surface area contributed by atoms with Crippen molar-refractivity contribution in [2.75, 3.05) is 5.88 Å². The molecule has 1 aromatic rings. The van der Waals surface area contributed by atoms with E-state index in [1.165, 1.54) is 0 Å². The third-order valence-corrected chi connectivity index (χ3v) is 2.23. The molecule has 0 heterocycles. The Morgan fingerprint density at radius 2 is 1.58 bits per heavy atom. The van der Waals surface area contributed by atoms with Crippen LogP contribution in [0.15, 0.2) is 18.2 Å². The van der Waals surface area contributed by atoms with Crippen molar-refractivity contribution in [2.45, 2.75) is 12.8 Å². The van der Waals surface area contributed by atoms with Crippen LogP contribution in [0.1, 0.15) is 12.0 Å². The third kappa shape index (κ3) is 3.22.